The van der Waals surface area contributed by atoms with Crippen molar-refractivity contribution in [3.63, 3.8) is 0 Å². The zero-order chi connectivity index (χ0) is 11.1. The van der Waals surface area contributed by atoms with E-state index in [9.17, 15) is 4.79 Å². The molecule has 1 atom stereocenters. The Labute approximate surface area is 92.8 Å². The van der Waals surface area contributed by atoms with Crippen LogP contribution in [0.1, 0.15) is 33.1 Å². The summed E-state index contributed by atoms with van der Waals surface area (Å²) in [5.74, 6) is 1.47. The highest BCUT2D eigenvalue weighted by atomic mass is 16.5. The molecule has 3 nitrogen and oxygen atoms in total. The number of hydrogen-bond acceptors (Lipinski definition) is 2. The molecule has 0 bridgehead atoms. The Morgan fingerprint density at radius 2 is 2.00 bits per heavy atom. The lowest BCUT2D eigenvalue weighted by atomic mass is 9.95. The summed E-state index contributed by atoms with van der Waals surface area (Å²) in [6, 6.07) is 0. The first-order chi connectivity index (χ1) is 7.24. The normalized spacial score (nSPS) is 25.3. The quantitative estimate of drug-likeness (QED) is 0.656. The molecule has 2 heterocycles. The van der Waals surface area contributed by atoms with Crippen LogP contribution in [-0.4, -0.2) is 37.6 Å². The second-order valence-electron chi connectivity index (χ2n) is 4.71. The fourth-order valence-corrected chi connectivity index (χ4v) is 1.97. The van der Waals surface area contributed by atoms with Crippen molar-refractivity contribution in [2.45, 2.75) is 33.1 Å². The van der Waals surface area contributed by atoms with Crippen LogP contribution in [0.25, 0.3) is 0 Å². The maximum Gasteiger partial charge on any atom is 0.209 e. The van der Waals surface area contributed by atoms with Crippen molar-refractivity contribution >= 4 is 6.41 Å². The van der Waals surface area contributed by atoms with Crippen LogP contribution >= 0.6 is 0 Å². The summed E-state index contributed by atoms with van der Waals surface area (Å²) in [4.78, 5) is 12.2. The monoisotopic (exact) mass is 213 g/mol. The van der Waals surface area contributed by atoms with E-state index >= 15 is 0 Å². The van der Waals surface area contributed by atoms with Crippen LogP contribution in [-0.2, 0) is 9.53 Å². The molecular weight excluding hydrogens is 190 g/mol. The Kier molecular flexibility index (Phi) is 5.69. The van der Waals surface area contributed by atoms with E-state index < -0.39 is 0 Å². The van der Waals surface area contributed by atoms with Crippen LogP contribution in [0.4, 0.5) is 0 Å². The highest BCUT2D eigenvalue weighted by Crippen LogP contribution is 2.21. The molecule has 2 fully saturated rings. The van der Waals surface area contributed by atoms with Crippen LogP contribution in [0.2, 0.25) is 0 Å². The second-order valence-corrected chi connectivity index (χ2v) is 4.71. The van der Waals surface area contributed by atoms with E-state index in [2.05, 4.69) is 13.8 Å². The molecule has 1 unspecified atom stereocenters. The third-order valence-corrected chi connectivity index (χ3v) is 3.18. The van der Waals surface area contributed by atoms with E-state index in [1.54, 1.807) is 0 Å². The minimum atomic E-state index is 0.727. The Hall–Kier alpha value is -0.570. The molecule has 2 rings (SSSR count). The average molecular weight is 213 g/mol. The molecule has 0 aromatic heterocycles. The highest BCUT2D eigenvalue weighted by molar-refractivity contribution is 5.47. The van der Waals surface area contributed by atoms with Gasteiger partial charge in [-0.3, -0.25) is 4.79 Å². The molecule has 0 aliphatic carbocycles. The Bertz CT molecular complexity index is 171. The first-order valence-electron chi connectivity index (χ1n) is 6.01. The first kappa shape index (κ1) is 12.5. The second kappa shape index (κ2) is 6.83. The van der Waals surface area contributed by atoms with E-state index in [-0.39, 0.29) is 0 Å². The van der Waals surface area contributed by atoms with E-state index in [0.717, 1.165) is 44.5 Å². The van der Waals surface area contributed by atoms with Gasteiger partial charge in [0, 0.05) is 26.3 Å². The number of amides is 1. The van der Waals surface area contributed by atoms with Gasteiger partial charge in [0.05, 0.1) is 0 Å². The van der Waals surface area contributed by atoms with Gasteiger partial charge in [-0.15, -0.1) is 0 Å². The number of likely N-dealkylation sites (tertiary alicyclic amines) is 1. The van der Waals surface area contributed by atoms with Gasteiger partial charge in [0.2, 0.25) is 6.41 Å². The molecule has 0 saturated carbocycles. The third kappa shape index (κ3) is 4.65. The fraction of sp³-hybridized carbons (Fsp3) is 0.917. The maximum atomic E-state index is 10.3. The van der Waals surface area contributed by atoms with Crippen molar-refractivity contribution in [3.05, 3.63) is 0 Å². The minimum absolute atomic E-state index is 0.727. The zero-order valence-electron chi connectivity index (χ0n) is 9.95. The smallest absolute Gasteiger partial charge is 0.209 e. The third-order valence-electron chi connectivity index (χ3n) is 3.18. The van der Waals surface area contributed by atoms with Gasteiger partial charge < -0.3 is 9.64 Å². The predicted octanol–water partition coefficient (Wildman–Crippen LogP) is 1.92. The number of carbonyl (C=O) groups is 1. The van der Waals surface area contributed by atoms with E-state index in [1.807, 2.05) is 4.90 Å². The van der Waals surface area contributed by atoms with Gasteiger partial charge in [-0.1, -0.05) is 13.8 Å². The Balaban J connectivity index is 0.000000187. The first-order valence-corrected chi connectivity index (χ1v) is 6.01. The van der Waals surface area contributed by atoms with Crippen molar-refractivity contribution in [2.24, 2.45) is 11.8 Å². The molecule has 2 saturated heterocycles. The largest absolute Gasteiger partial charge is 0.381 e. The zero-order valence-corrected chi connectivity index (χ0v) is 9.95. The SMILES string of the molecule is C1CCOC1.CC(C)C1CCN(C=O)C1. The van der Waals surface area contributed by atoms with Crippen molar-refractivity contribution in [1.29, 1.82) is 0 Å². The maximum absolute atomic E-state index is 10.3. The summed E-state index contributed by atoms with van der Waals surface area (Å²) in [6.07, 6.45) is 4.71. The molecule has 1 amide bonds. The van der Waals surface area contributed by atoms with Gasteiger partial charge in [-0.05, 0) is 31.1 Å². The fourth-order valence-electron chi connectivity index (χ4n) is 1.97. The molecule has 0 spiro atoms. The van der Waals surface area contributed by atoms with Crippen LogP contribution in [0, 0.1) is 11.8 Å². The summed E-state index contributed by atoms with van der Waals surface area (Å²) in [6.45, 7) is 8.38. The number of ether oxygens (including phenoxy) is 1. The molecule has 2 aliphatic rings. The van der Waals surface area contributed by atoms with Gasteiger partial charge in [0.25, 0.3) is 0 Å². The van der Waals surface area contributed by atoms with E-state index in [1.165, 1.54) is 19.3 Å². The van der Waals surface area contributed by atoms with Gasteiger partial charge >= 0.3 is 0 Å². The van der Waals surface area contributed by atoms with Crippen LogP contribution in [0.5, 0.6) is 0 Å². The van der Waals surface area contributed by atoms with Gasteiger partial charge in [-0.25, -0.2) is 0 Å². The van der Waals surface area contributed by atoms with Gasteiger partial charge in [0.15, 0.2) is 0 Å². The summed E-state index contributed by atoms with van der Waals surface area (Å²) >= 11 is 0. The number of carbonyl (C=O) groups excluding carboxylic acids is 1. The summed E-state index contributed by atoms with van der Waals surface area (Å²) in [5, 5.41) is 0. The molecule has 0 aromatic rings. The predicted molar refractivity (Wildman–Crippen MR) is 60.6 cm³/mol. The molecule has 0 radical (unpaired) electrons. The average Bonchev–Trinajstić information content (AvgIpc) is 2.92. The highest BCUT2D eigenvalue weighted by Gasteiger charge is 2.23. The van der Waals surface area contributed by atoms with Crippen molar-refractivity contribution < 1.29 is 9.53 Å². The lowest BCUT2D eigenvalue weighted by Crippen LogP contribution is -2.19. The summed E-state index contributed by atoms with van der Waals surface area (Å²) in [5.41, 5.74) is 0. The van der Waals surface area contributed by atoms with Crippen LogP contribution < -0.4 is 0 Å². The number of rotatable bonds is 2. The molecular formula is C12H23NO2. The lowest BCUT2D eigenvalue weighted by Gasteiger charge is -2.13. The van der Waals surface area contributed by atoms with Crippen molar-refractivity contribution in [2.75, 3.05) is 26.3 Å². The van der Waals surface area contributed by atoms with Crippen molar-refractivity contribution in [1.82, 2.24) is 4.90 Å². The van der Waals surface area contributed by atoms with Gasteiger partial charge in [-0.2, -0.15) is 0 Å². The van der Waals surface area contributed by atoms with E-state index in [4.69, 9.17) is 4.74 Å². The summed E-state index contributed by atoms with van der Waals surface area (Å²) in [7, 11) is 0. The molecule has 88 valence electrons. The summed E-state index contributed by atoms with van der Waals surface area (Å²) < 4.78 is 4.94. The Morgan fingerprint density at radius 3 is 2.27 bits per heavy atom. The minimum Gasteiger partial charge on any atom is -0.381 e. The molecule has 15 heavy (non-hydrogen) atoms. The van der Waals surface area contributed by atoms with Crippen molar-refractivity contribution in [3.8, 4) is 0 Å². The van der Waals surface area contributed by atoms with Crippen LogP contribution in [0.3, 0.4) is 0 Å². The lowest BCUT2D eigenvalue weighted by molar-refractivity contribution is -0.117. The number of nitrogens with zero attached hydrogens (tertiary/aromatic N) is 1. The van der Waals surface area contributed by atoms with Crippen LogP contribution in [0.15, 0.2) is 0 Å². The number of hydrogen-bond donors (Lipinski definition) is 0. The standard InChI is InChI=1S/C8H15NO.C4H8O/c1-7(2)8-3-4-9(5-8)6-10;1-2-4-5-3-1/h6-8H,3-5H2,1-2H3;1-4H2. The van der Waals surface area contributed by atoms with E-state index in [0.29, 0.717) is 0 Å². The Morgan fingerprint density at radius 1 is 1.33 bits per heavy atom. The van der Waals surface area contributed by atoms with Gasteiger partial charge in [0.1, 0.15) is 0 Å². The topological polar surface area (TPSA) is 29.5 Å². The molecule has 0 aromatic carbocycles. The molecule has 3 heteroatoms. The molecule has 2 aliphatic heterocycles. The molecule has 0 N–H and O–H groups in total.